The molecule has 8 nitrogen and oxygen atoms in total. The predicted molar refractivity (Wildman–Crippen MR) is 116 cm³/mol. The summed E-state index contributed by atoms with van der Waals surface area (Å²) in [5.74, 6) is -1.92. The van der Waals surface area contributed by atoms with Gasteiger partial charge in [0, 0.05) is 13.1 Å². The van der Waals surface area contributed by atoms with E-state index in [0.29, 0.717) is 10.5 Å². The molecule has 0 saturated carbocycles. The van der Waals surface area contributed by atoms with Crippen LogP contribution in [0.3, 0.4) is 0 Å². The highest BCUT2D eigenvalue weighted by Gasteiger charge is 2.30. The number of carbonyl (C=O) groups excluding carboxylic acids is 1. The number of hydrogen-bond acceptors (Lipinski definition) is 5. The lowest BCUT2D eigenvalue weighted by atomic mass is 10.1. The topological polar surface area (TPSA) is 117 Å². The van der Waals surface area contributed by atoms with Gasteiger partial charge in [-0.3, -0.25) is 4.79 Å². The summed E-state index contributed by atoms with van der Waals surface area (Å²) in [6.07, 6.45) is -1.55. The van der Waals surface area contributed by atoms with Gasteiger partial charge in [-0.1, -0.05) is 18.2 Å². The molecule has 3 aromatic rings. The summed E-state index contributed by atoms with van der Waals surface area (Å²) >= 11 is -1.29. The van der Waals surface area contributed by atoms with Crippen molar-refractivity contribution in [3.63, 3.8) is 0 Å². The van der Waals surface area contributed by atoms with Crippen LogP contribution in [0.25, 0.3) is 0 Å². The van der Waals surface area contributed by atoms with Crippen molar-refractivity contribution in [2.45, 2.75) is 24.3 Å². The number of amides is 1. The predicted octanol–water partition coefficient (Wildman–Crippen LogP) is 4.08. The van der Waals surface area contributed by atoms with Gasteiger partial charge in [-0.15, -0.1) is 0 Å². The molecule has 11 heteroatoms. The van der Waals surface area contributed by atoms with Crippen molar-refractivity contribution in [2.24, 2.45) is 7.05 Å². The van der Waals surface area contributed by atoms with Crippen molar-refractivity contribution in [3.05, 3.63) is 70.9 Å². The van der Waals surface area contributed by atoms with Crippen molar-refractivity contribution in [1.29, 1.82) is 0 Å². The van der Waals surface area contributed by atoms with Crippen molar-refractivity contribution >= 4 is 23.1 Å². The Bertz CT molecular complexity index is 1170. The third kappa shape index (κ3) is 5.49. The number of carboxylic acids is 1. The Labute approximate surface area is 191 Å². The summed E-state index contributed by atoms with van der Waals surface area (Å²) in [5.41, 5.74) is -0.509. The number of aromatic nitrogens is 2. The lowest BCUT2D eigenvalue weighted by Gasteiger charge is -2.16. The normalized spacial score (nSPS) is 12.9. The molecule has 174 valence electrons. The molecule has 0 spiro atoms. The summed E-state index contributed by atoms with van der Waals surface area (Å²) in [4.78, 5) is 24.5. The second kappa shape index (κ2) is 10.0. The fourth-order valence-electron chi connectivity index (χ4n) is 3.11. The van der Waals surface area contributed by atoms with Crippen LogP contribution in [0.5, 0.6) is 11.6 Å². The van der Waals surface area contributed by atoms with Gasteiger partial charge in [-0.2, -0.15) is 5.10 Å². The van der Waals surface area contributed by atoms with E-state index in [2.05, 4.69) is 10.4 Å². The lowest BCUT2D eigenvalue weighted by molar-refractivity contribution is 0.0696. The van der Waals surface area contributed by atoms with Crippen molar-refractivity contribution in [1.82, 2.24) is 15.1 Å². The van der Waals surface area contributed by atoms with Crippen LogP contribution in [0.2, 0.25) is 0 Å². The fourth-order valence-corrected chi connectivity index (χ4v) is 3.66. The van der Waals surface area contributed by atoms with Gasteiger partial charge in [0.2, 0.25) is 5.88 Å². The quantitative estimate of drug-likeness (QED) is 0.473. The largest absolute Gasteiger partial charge is 0.612 e. The Morgan fingerprint density at radius 2 is 1.88 bits per heavy atom. The number of nitrogens with one attached hydrogen (secondary N) is 1. The molecule has 0 aliphatic rings. The molecule has 2 aromatic carbocycles. The van der Waals surface area contributed by atoms with E-state index in [-0.39, 0.29) is 17.2 Å². The molecule has 33 heavy (non-hydrogen) atoms. The molecule has 0 bridgehead atoms. The van der Waals surface area contributed by atoms with E-state index in [4.69, 9.17) is 9.84 Å². The highest BCUT2D eigenvalue weighted by Crippen LogP contribution is 2.33. The van der Waals surface area contributed by atoms with Gasteiger partial charge in [0.1, 0.15) is 23.3 Å². The molecule has 1 aromatic heterocycles. The smallest absolute Gasteiger partial charge is 0.335 e. The average Bonchev–Trinajstić information content (AvgIpc) is 3.10. The summed E-state index contributed by atoms with van der Waals surface area (Å²) in [6.45, 7) is 1.63. The minimum atomic E-state index is -3.03. The molecular formula is C22H21F2N3O5S. The SMILES string of the molecule is CC(NC(=O)c1c(C(F)F)nn(C)c1Oc1cccc([S+](C)[O-])c1)c1ccc(C(=O)O)cc1. The number of aryl methyl sites for hydroxylation is 1. The van der Waals surface area contributed by atoms with E-state index < -0.39 is 46.8 Å². The molecule has 3 rings (SSSR count). The molecule has 1 amide bonds. The number of hydrogen-bond donors (Lipinski definition) is 2. The first-order chi connectivity index (χ1) is 15.6. The van der Waals surface area contributed by atoms with Crippen LogP contribution >= 0.6 is 0 Å². The number of rotatable bonds is 8. The third-order valence-corrected chi connectivity index (χ3v) is 5.73. The minimum Gasteiger partial charge on any atom is -0.612 e. The van der Waals surface area contributed by atoms with Gasteiger partial charge in [0.05, 0.1) is 11.6 Å². The number of carboxylic acid groups (broad SMARTS) is 1. The maximum absolute atomic E-state index is 13.7. The summed E-state index contributed by atoms with van der Waals surface area (Å²) in [6, 6.07) is 11.5. The number of halogens is 2. The van der Waals surface area contributed by atoms with E-state index in [1.165, 1.54) is 43.6 Å². The Balaban J connectivity index is 1.91. The van der Waals surface area contributed by atoms with E-state index in [1.807, 2.05) is 0 Å². The Morgan fingerprint density at radius 3 is 2.45 bits per heavy atom. The van der Waals surface area contributed by atoms with Crippen LogP contribution in [-0.2, 0) is 18.2 Å². The zero-order chi connectivity index (χ0) is 24.3. The first-order valence-corrected chi connectivity index (χ1v) is 11.2. The van der Waals surface area contributed by atoms with Crippen LogP contribution < -0.4 is 10.1 Å². The molecule has 0 saturated heterocycles. The Morgan fingerprint density at radius 1 is 1.21 bits per heavy atom. The maximum Gasteiger partial charge on any atom is 0.335 e. The van der Waals surface area contributed by atoms with Crippen molar-refractivity contribution < 1.29 is 32.8 Å². The number of carbonyl (C=O) groups is 2. The van der Waals surface area contributed by atoms with Crippen molar-refractivity contribution in [3.8, 4) is 11.6 Å². The van der Waals surface area contributed by atoms with Gasteiger partial charge in [-0.05, 0) is 47.9 Å². The maximum atomic E-state index is 13.7. The van der Waals surface area contributed by atoms with Gasteiger partial charge < -0.3 is 19.7 Å². The standard InChI is InChI=1S/C22H21F2N3O5S/c1-12(13-7-9-14(10-8-13)22(29)30)25-20(28)17-18(19(23)24)26-27(2)21(17)32-15-5-4-6-16(11-15)33(3)31/h4-12,19H,1-3H3,(H,25,28)(H,29,30). The van der Waals surface area contributed by atoms with E-state index in [9.17, 15) is 22.9 Å². The van der Waals surface area contributed by atoms with Crippen molar-refractivity contribution in [2.75, 3.05) is 6.26 Å². The van der Waals surface area contributed by atoms with Crippen LogP contribution in [0.15, 0.2) is 53.4 Å². The van der Waals surface area contributed by atoms with Crippen LogP contribution in [0.1, 0.15) is 51.4 Å². The van der Waals surface area contributed by atoms with Crippen LogP contribution in [-0.4, -0.2) is 37.6 Å². The zero-order valence-electron chi connectivity index (χ0n) is 17.9. The molecule has 2 N–H and O–H groups in total. The van der Waals surface area contributed by atoms with Gasteiger partial charge in [0.15, 0.2) is 4.90 Å². The highest BCUT2D eigenvalue weighted by molar-refractivity contribution is 7.90. The Hall–Kier alpha value is -3.44. The van der Waals surface area contributed by atoms with E-state index >= 15 is 0 Å². The van der Waals surface area contributed by atoms with E-state index in [0.717, 1.165) is 4.68 Å². The fraction of sp³-hybridized carbons (Fsp3) is 0.227. The number of benzene rings is 2. The molecule has 0 radical (unpaired) electrons. The second-order valence-electron chi connectivity index (χ2n) is 7.14. The number of alkyl halides is 2. The summed E-state index contributed by atoms with van der Waals surface area (Å²) < 4.78 is 45.8. The first-order valence-electron chi connectivity index (χ1n) is 9.69. The first kappa shape index (κ1) is 24.2. The summed E-state index contributed by atoms with van der Waals surface area (Å²) in [7, 11) is 1.37. The monoisotopic (exact) mass is 477 g/mol. The number of ether oxygens (including phenoxy) is 1. The van der Waals surface area contributed by atoms with Crippen LogP contribution in [0.4, 0.5) is 8.78 Å². The lowest BCUT2D eigenvalue weighted by Crippen LogP contribution is -2.27. The van der Waals surface area contributed by atoms with Gasteiger partial charge in [0.25, 0.3) is 12.3 Å². The van der Waals surface area contributed by atoms with E-state index in [1.54, 1.807) is 25.1 Å². The zero-order valence-corrected chi connectivity index (χ0v) is 18.7. The number of aromatic carboxylic acids is 1. The third-order valence-electron chi connectivity index (χ3n) is 4.81. The molecular weight excluding hydrogens is 456 g/mol. The highest BCUT2D eigenvalue weighted by atomic mass is 32.2. The molecule has 0 aliphatic carbocycles. The Kier molecular flexibility index (Phi) is 7.34. The molecule has 0 fully saturated rings. The average molecular weight is 477 g/mol. The molecule has 2 unspecified atom stereocenters. The van der Waals surface area contributed by atoms with Gasteiger partial charge >= 0.3 is 5.97 Å². The number of nitrogens with zero attached hydrogens (tertiary/aromatic N) is 2. The second-order valence-corrected chi connectivity index (χ2v) is 8.52. The molecule has 2 atom stereocenters. The minimum absolute atomic E-state index is 0.0791. The molecule has 0 aliphatic heterocycles. The molecule has 1 heterocycles. The summed E-state index contributed by atoms with van der Waals surface area (Å²) in [5, 5.41) is 15.4. The van der Waals surface area contributed by atoms with Gasteiger partial charge in [-0.25, -0.2) is 18.3 Å². The van der Waals surface area contributed by atoms with Crippen LogP contribution in [0, 0.1) is 0 Å².